The third kappa shape index (κ3) is 43.7. The SMILES string of the molecule is CCCCCCC/C=C\C/C=C\C/C=C\CCCCCCCCCCCCCCCCCCCCCCC(=O)NC(COC1OC(CO)C(OC2OC(CO)C(O)C(O)C2O)C(O)C1O)C(O)CCCCCCCCCCCCCCCCCCCCCC. The zero-order valence-electron chi connectivity index (χ0n) is 57.2. The molecule has 0 spiro atoms. The summed E-state index contributed by atoms with van der Waals surface area (Å²) in [6.45, 7) is 2.90. The summed E-state index contributed by atoms with van der Waals surface area (Å²) in [6.07, 6.45) is 60.3. The van der Waals surface area contributed by atoms with Crippen molar-refractivity contribution < 1.29 is 64.6 Å². The van der Waals surface area contributed by atoms with Crippen LogP contribution < -0.4 is 5.32 Å². The fraction of sp³-hybridized carbons (Fsp3) is 0.907. The first-order valence-corrected chi connectivity index (χ1v) is 37.7. The monoisotopic (exact) mass is 1260 g/mol. The van der Waals surface area contributed by atoms with Gasteiger partial charge in [-0.2, -0.15) is 0 Å². The maximum Gasteiger partial charge on any atom is 0.220 e. The zero-order valence-corrected chi connectivity index (χ0v) is 57.2. The van der Waals surface area contributed by atoms with Crippen molar-refractivity contribution in [3.8, 4) is 0 Å². The average Bonchev–Trinajstić information content (AvgIpc) is 3.62. The average molecular weight is 1260 g/mol. The van der Waals surface area contributed by atoms with Gasteiger partial charge in [-0.1, -0.05) is 320 Å². The fourth-order valence-electron chi connectivity index (χ4n) is 12.6. The number of unbranched alkanes of at least 4 members (excludes halogenated alkanes) is 44. The van der Waals surface area contributed by atoms with Crippen LogP contribution in [0.5, 0.6) is 0 Å². The number of allylic oxidation sites excluding steroid dienone is 6. The molecule has 1 amide bonds. The van der Waals surface area contributed by atoms with Crippen LogP contribution in [0.3, 0.4) is 0 Å². The van der Waals surface area contributed by atoms with Crippen LogP contribution in [-0.2, 0) is 23.7 Å². The van der Waals surface area contributed by atoms with Crippen LogP contribution in [0, 0.1) is 0 Å². The number of aliphatic hydroxyl groups is 8. The van der Waals surface area contributed by atoms with Crippen molar-refractivity contribution in [3.63, 3.8) is 0 Å². The first kappa shape index (κ1) is 83.3. The molecule has 2 fully saturated rings. The molecule has 2 saturated heterocycles. The predicted molar refractivity (Wildman–Crippen MR) is 365 cm³/mol. The molecule has 0 aromatic heterocycles. The van der Waals surface area contributed by atoms with Crippen LogP contribution in [0.1, 0.15) is 341 Å². The van der Waals surface area contributed by atoms with E-state index in [4.69, 9.17) is 18.9 Å². The van der Waals surface area contributed by atoms with Gasteiger partial charge < -0.3 is 65.1 Å². The van der Waals surface area contributed by atoms with Gasteiger partial charge in [-0.15, -0.1) is 0 Å². The van der Waals surface area contributed by atoms with Crippen LogP contribution in [0.4, 0.5) is 0 Å². The maximum atomic E-state index is 13.4. The summed E-state index contributed by atoms with van der Waals surface area (Å²) in [6, 6.07) is -0.828. The smallest absolute Gasteiger partial charge is 0.220 e. The van der Waals surface area contributed by atoms with E-state index < -0.39 is 86.8 Å². The minimum absolute atomic E-state index is 0.200. The molecule has 2 aliphatic heterocycles. The molecule has 0 aliphatic carbocycles. The van der Waals surface area contributed by atoms with Gasteiger partial charge in [0.25, 0.3) is 0 Å². The van der Waals surface area contributed by atoms with E-state index >= 15 is 0 Å². The van der Waals surface area contributed by atoms with E-state index in [-0.39, 0.29) is 12.5 Å². The Balaban J connectivity index is 1.60. The zero-order chi connectivity index (χ0) is 64.5. The largest absolute Gasteiger partial charge is 0.394 e. The summed E-state index contributed by atoms with van der Waals surface area (Å²) in [4.78, 5) is 13.4. The van der Waals surface area contributed by atoms with Gasteiger partial charge >= 0.3 is 0 Å². The van der Waals surface area contributed by atoms with Crippen LogP contribution >= 0.6 is 0 Å². The number of carbonyl (C=O) groups excluding carboxylic acids is 1. The Kier molecular flexibility index (Phi) is 56.1. The van der Waals surface area contributed by atoms with E-state index in [1.807, 2.05) is 0 Å². The van der Waals surface area contributed by atoms with Gasteiger partial charge in [0.1, 0.15) is 48.8 Å². The van der Waals surface area contributed by atoms with Crippen molar-refractivity contribution >= 4 is 5.91 Å². The molecule has 2 rings (SSSR count). The summed E-state index contributed by atoms with van der Waals surface area (Å²) in [5.41, 5.74) is 0. The number of hydrogen-bond donors (Lipinski definition) is 9. The Morgan fingerprint density at radius 2 is 0.742 bits per heavy atom. The van der Waals surface area contributed by atoms with Crippen molar-refractivity contribution in [2.24, 2.45) is 0 Å². The van der Waals surface area contributed by atoms with E-state index in [1.165, 1.54) is 250 Å². The van der Waals surface area contributed by atoms with Gasteiger partial charge in [0, 0.05) is 6.42 Å². The minimum Gasteiger partial charge on any atom is -0.394 e. The quantitative estimate of drug-likeness (QED) is 0.0204. The van der Waals surface area contributed by atoms with E-state index in [2.05, 4.69) is 55.6 Å². The Hall–Kier alpha value is -1.79. The second-order valence-corrected chi connectivity index (χ2v) is 26.8. The van der Waals surface area contributed by atoms with Crippen LogP contribution in [0.25, 0.3) is 0 Å². The third-order valence-corrected chi connectivity index (χ3v) is 18.6. The van der Waals surface area contributed by atoms with Gasteiger partial charge in [0.15, 0.2) is 12.6 Å². The van der Waals surface area contributed by atoms with Gasteiger partial charge in [-0.05, 0) is 51.4 Å². The number of ether oxygens (including phenoxy) is 4. The van der Waals surface area contributed by atoms with Gasteiger partial charge in [-0.3, -0.25) is 4.79 Å². The topological polar surface area (TPSA) is 228 Å². The molecule has 0 saturated carbocycles. The van der Waals surface area contributed by atoms with Gasteiger partial charge in [-0.25, -0.2) is 0 Å². The molecule has 2 aliphatic rings. The Morgan fingerprint density at radius 3 is 1.13 bits per heavy atom. The molecule has 14 nitrogen and oxygen atoms in total. The van der Waals surface area contributed by atoms with Crippen LogP contribution in [-0.4, -0.2) is 140 Å². The first-order chi connectivity index (χ1) is 43.6. The number of hydrogen-bond acceptors (Lipinski definition) is 13. The fourth-order valence-corrected chi connectivity index (χ4v) is 12.6. The molecule has 12 atom stereocenters. The normalized spacial score (nSPS) is 23.2. The lowest BCUT2D eigenvalue weighted by Crippen LogP contribution is -2.65. The van der Waals surface area contributed by atoms with Crippen molar-refractivity contribution in [2.45, 2.75) is 415 Å². The number of carbonyl (C=O) groups is 1. The van der Waals surface area contributed by atoms with E-state index in [0.29, 0.717) is 12.8 Å². The molecule has 12 unspecified atom stereocenters. The van der Waals surface area contributed by atoms with Gasteiger partial charge in [0.05, 0.1) is 32.0 Å². The maximum absolute atomic E-state index is 13.4. The molecule has 0 bridgehead atoms. The summed E-state index contributed by atoms with van der Waals surface area (Å²) in [5, 5.41) is 87.7. The number of nitrogens with one attached hydrogen (secondary N) is 1. The lowest BCUT2D eigenvalue weighted by molar-refractivity contribution is -0.359. The molecule has 2 heterocycles. The molecule has 0 aromatic carbocycles. The molecule has 9 N–H and O–H groups in total. The highest BCUT2D eigenvalue weighted by Crippen LogP contribution is 2.30. The van der Waals surface area contributed by atoms with E-state index in [9.17, 15) is 45.6 Å². The molecule has 14 heteroatoms. The summed E-state index contributed by atoms with van der Waals surface area (Å²) in [7, 11) is 0. The second-order valence-electron chi connectivity index (χ2n) is 26.8. The lowest BCUT2D eigenvalue weighted by atomic mass is 9.97. The number of rotatable bonds is 63. The molecule has 524 valence electrons. The summed E-state index contributed by atoms with van der Waals surface area (Å²) < 4.78 is 22.9. The standard InChI is InChI=1S/C75H141NO13/c1-3-5-7-9-11-13-15-17-19-21-23-25-26-27-28-29-30-31-32-33-34-35-36-37-38-39-41-43-45-47-49-51-53-55-57-59-67(80)76-63(64(79)58-56-54-52-50-48-46-44-42-40-24-22-20-18-16-14-12-10-8-6-4-2)62-86-74-72(85)70(83)73(66(61-78)88-74)89-75-71(84)69(82)68(81)65(60-77)87-75/h15,17,21,23,26-27,63-66,68-75,77-79,81-85H,3-14,16,18-20,22,24-25,28-62H2,1-2H3,(H,76,80)/b17-15-,23-21-,27-26-. The molecule has 0 radical (unpaired) electrons. The second kappa shape index (κ2) is 59.9. The third-order valence-electron chi connectivity index (χ3n) is 18.6. The van der Waals surface area contributed by atoms with Crippen molar-refractivity contribution in [2.75, 3.05) is 19.8 Å². The number of amides is 1. The molecule has 0 aromatic rings. The number of aliphatic hydroxyl groups excluding tert-OH is 8. The predicted octanol–water partition coefficient (Wildman–Crippen LogP) is 16.1. The lowest BCUT2D eigenvalue weighted by Gasteiger charge is -2.46. The van der Waals surface area contributed by atoms with Crippen LogP contribution in [0.15, 0.2) is 36.5 Å². The molecule has 89 heavy (non-hydrogen) atoms. The van der Waals surface area contributed by atoms with Crippen molar-refractivity contribution in [1.82, 2.24) is 5.32 Å². The highest BCUT2D eigenvalue weighted by Gasteiger charge is 2.51. The van der Waals surface area contributed by atoms with Crippen molar-refractivity contribution in [1.29, 1.82) is 0 Å². The Morgan fingerprint density at radius 1 is 0.404 bits per heavy atom. The Bertz CT molecular complexity index is 1630. The van der Waals surface area contributed by atoms with E-state index in [0.717, 1.165) is 64.2 Å². The summed E-state index contributed by atoms with van der Waals surface area (Å²) >= 11 is 0. The van der Waals surface area contributed by atoms with Crippen LogP contribution in [0.2, 0.25) is 0 Å². The summed E-state index contributed by atoms with van der Waals surface area (Å²) in [5.74, 6) is -0.200. The first-order valence-electron chi connectivity index (χ1n) is 37.7. The molecular formula is C75H141NO13. The molecular weight excluding hydrogens is 1120 g/mol. The minimum atomic E-state index is -1.78. The van der Waals surface area contributed by atoms with E-state index in [1.54, 1.807) is 0 Å². The highest BCUT2D eigenvalue weighted by atomic mass is 16.7. The van der Waals surface area contributed by atoms with Gasteiger partial charge in [0.2, 0.25) is 5.91 Å². The highest BCUT2D eigenvalue weighted by molar-refractivity contribution is 5.76. The van der Waals surface area contributed by atoms with Crippen molar-refractivity contribution in [3.05, 3.63) is 36.5 Å². The Labute approximate surface area is 544 Å².